The summed E-state index contributed by atoms with van der Waals surface area (Å²) in [4.78, 5) is 0. The van der Waals surface area contributed by atoms with Crippen molar-refractivity contribution in [2.75, 3.05) is 0 Å². The quantitative estimate of drug-likeness (QED) is 0.264. The van der Waals surface area contributed by atoms with Gasteiger partial charge in [0.2, 0.25) is 0 Å². The lowest BCUT2D eigenvalue weighted by Crippen LogP contribution is -2.21. The summed E-state index contributed by atoms with van der Waals surface area (Å²) < 4.78 is 36.9. The fraction of sp³-hybridized carbons (Fsp3) is 1.00. The first kappa shape index (κ1) is 16.0. The normalized spacial score (nSPS) is 14.1. The Hall–Kier alpha value is 0.00688. The predicted octanol–water partition coefficient (Wildman–Crippen LogP) is 5.75. The van der Waals surface area contributed by atoms with Gasteiger partial charge in [0.1, 0.15) is 0 Å². The molecule has 0 heterocycles. The zero-order chi connectivity index (χ0) is 12.4. The van der Waals surface area contributed by atoms with E-state index in [0.717, 1.165) is 19.3 Å². The van der Waals surface area contributed by atoms with Gasteiger partial charge < -0.3 is 0 Å². The van der Waals surface area contributed by atoms with Gasteiger partial charge in [-0.05, 0) is 6.42 Å². The van der Waals surface area contributed by atoms with Crippen LogP contribution in [0.1, 0.15) is 71.6 Å². The van der Waals surface area contributed by atoms with Gasteiger partial charge in [-0.2, -0.15) is 0 Å². The van der Waals surface area contributed by atoms with Crippen LogP contribution >= 0.6 is 0 Å². The molecule has 0 bridgehead atoms. The van der Waals surface area contributed by atoms with Gasteiger partial charge in [0.15, 0.2) is 0 Å². The van der Waals surface area contributed by atoms with E-state index in [9.17, 15) is 12.3 Å². The van der Waals surface area contributed by atoms with E-state index in [1.807, 2.05) is 0 Å². The number of hydrogen-bond donors (Lipinski definition) is 0. The van der Waals surface area contributed by atoms with Gasteiger partial charge >= 0.3 is 9.08 Å². The summed E-state index contributed by atoms with van der Waals surface area (Å²) in [6, 6.07) is 0. The maximum atomic E-state index is 12.3. The molecule has 0 saturated heterocycles. The van der Waals surface area contributed by atoms with E-state index in [0.29, 0.717) is 6.42 Å². The molecule has 0 fully saturated rings. The van der Waals surface area contributed by atoms with Gasteiger partial charge in [0.25, 0.3) is 0 Å². The van der Waals surface area contributed by atoms with E-state index in [1.165, 1.54) is 39.0 Å². The molecule has 16 heavy (non-hydrogen) atoms. The summed E-state index contributed by atoms with van der Waals surface area (Å²) >= 11 is 0. The van der Waals surface area contributed by atoms with Crippen molar-refractivity contribution in [3.8, 4) is 0 Å². The van der Waals surface area contributed by atoms with E-state index < -0.39 is 14.6 Å². The first-order valence-corrected chi connectivity index (χ1v) is 8.26. The fourth-order valence-corrected chi connectivity index (χ4v) is 2.28. The molecule has 0 amide bonds. The summed E-state index contributed by atoms with van der Waals surface area (Å²) in [5, 5.41) is 0. The van der Waals surface area contributed by atoms with Crippen LogP contribution in [0, 0.1) is 0 Å². The molecule has 0 aromatic heterocycles. The molecule has 1 atom stereocenters. The molecule has 0 aromatic rings. The van der Waals surface area contributed by atoms with Crippen LogP contribution in [0.25, 0.3) is 0 Å². The minimum absolute atomic E-state index is 0.352. The Morgan fingerprint density at radius 3 is 1.69 bits per heavy atom. The Morgan fingerprint density at radius 2 is 1.25 bits per heavy atom. The number of rotatable bonds is 10. The second-order valence-electron chi connectivity index (χ2n) is 4.71. The molecule has 0 nitrogen and oxygen atoms in total. The molecule has 1 unspecified atom stereocenters. The van der Waals surface area contributed by atoms with Crippen molar-refractivity contribution in [2.24, 2.45) is 0 Å². The summed E-state index contributed by atoms with van der Waals surface area (Å²) in [7, 11) is -5.35. The molecule has 0 N–H and O–H groups in total. The lowest BCUT2D eigenvalue weighted by Gasteiger charge is -2.11. The molecule has 0 aromatic carbocycles. The highest BCUT2D eigenvalue weighted by Crippen LogP contribution is 2.30. The van der Waals surface area contributed by atoms with Crippen molar-refractivity contribution >= 4 is 9.08 Å². The van der Waals surface area contributed by atoms with Crippen LogP contribution in [0.15, 0.2) is 0 Å². The van der Waals surface area contributed by atoms with Crippen molar-refractivity contribution < 1.29 is 12.3 Å². The van der Waals surface area contributed by atoms with Crippen molar-refractivity contribution in [1.82, 2.24) is 0 Å². The van der Waals surface area contributed by atoms with Crippen molar-refractivity contribution in [3.05, 3.63) is 0 Å². The van der Waals surface area contributed by atoms with Crippen molar-refractivity contribution in [1.29, 1.82) is 0 Å². The molecule has 0 aliphatic rings. The third-order valence-corrected chi connectivity index (χ3v) is 4.46. The van der Waals surface area contributed by atoms with Gasteiger partial charge in [0, 0.05) is 5.54 Å². The standard InChI is InChI=1S/C12H25F3Si/c1-3-4-5-6-7-8-9-10-11-12(2)16(13,14)15/h12H,3-11H2,1-2H3. The third kappa shape index (κ3) is 9.25. The highest BCUT2D eigenvalue weighted by Gasteiger charge is 2.43. The Morgan fingerprint density at radius 1 is 0.812 bits per heavy atom. The molecular formula is C12H25F3Si. The molecule has 0 spiro atoms. The van der Waals surface area contributed by atoms with Gasteiger partial charge in [0.05, 0.1) is 0 Å². The lowest BCUT2D eigenvalue weighted by atomic mass is 10.1. The average Bonchev–Trinajstić information content (AvgIpc) is 2.20. The van der Waals surface area contributed by atoms with Crippen LogP contribution in [0.4, 0.5) is 12.3 Å². The van der Waals surface area contributed by atoms with E-state index in [1.54, 1.807) is 0 Å². The zero-order valence-corrected chi connectivity index (χ0v) is 11.6. The fourth-order valence-electron chi connectivity index (χ4n) is 1.75. The van der Waals surface area contributed by atoms with E-state index in [4.69, 9.17) is 0 Å². The molecule has 0 rings (SSSR count). The van der Waals surface area contributed by atoms with Crippen LogP contribution in [0.2, 0.25) is 5.54 Å². The van der Waals surface area contributed by atoms with Crippen LogP contribution in [-0.2, 0) is 0 Å². The second kappa shape index (κ2) is 9.08. The van der Waals surface area contributed by atoms with Crippen LogP contribution in [0.3, 0.4) is 0 Å². The maximum absolute atomic E-state index is 12.3. The first-order valence-electron chi connectivity index (χ1n) is 6.55. The minimum atomic E-state index is -5.35. The largest absolute Gasteiger partial charge is 0.619 e. The molecule has 0 aliphatic carbocycles. The Labute approximate surface area is 99.2 Å². The molecule has 0 aliphatic heterocycles. The zero-order valence-electron chi connectivity index (χ0n) is 10.6. The summed E-state index contributed by atoms with van der Waals surface area (Å²) in [6.45, 7) is 3.52. The van der Waals surface area contributed by atoms with Gasteiger partial charge in [-0.25, -0.2) is 12.3 Å². The SMILES string of the molecule is CCCCCCCCCCC(C)[Si](F)(F)F. The lowest BCUT2D eigenvalue weighted by molar-refractivity contribution is 0.423. The molecule has 4 heteroatoms. The number of halogens is 3. The average molecular weight is 254 g/mol. The number of hydrogen-bond acceptors (Lipinski definition) is 0. The second-order valence-corrected chi connectivity index (χ2v) is 6.78. The van der Waals surface area contributed by atoms with Crippen molar-refractivity contribution in [2.45, 2.75) is 77.2 Å². The summed E-state index contributed by atoms with van der Waals surface area (Å²) in [5.41, 5.74) is -0.993. The molecular weight excluding hydrogens is 229 g/mol. The summed E-state index contributed by atoms with van der Waals surface area (Å²) in [6.07, 6.45) is 9.44. The van der Waals surface area contributed by atoms with Gasteiger partial charge in [-0.15, -0.1) is 0 Å². The van der Waals surface area contributed by atoms with Crippen LogP contribution in [0.5, 0.6) is 0 Å². The van der Waals surface area contributed by atoms with Crippen LogP contribution in [-0.4, -0.2) is 9.08 Å². The number of unbranched alkanes of at least 4 members (excludes halogenated alkanes) is 7. The highest BCUT2D eigenvalue weighted by molar-refractivity contribution is 6.60. The Kier molecular flexibility index (Phi) is 9.08. The topological polar surface area (TPSA) is 0 Å². The Bertz CT molecular complexity index is 157. The third-order valence-electron chi connectivity index (χ3n) is 3.05. The highest BCUT2D eigenvalue weighted by atomic mass is 28.5. The smallest absolute Gasteiger partial charge is 0.237 e. The molecule has 0 radical (unpaired) electrons. The molecule has 0 saturated carbocycles. The molecule has 98 valence electrons. The van der Waals surface area contributed by atoms with Gasteiger partial charge in [-0.1, -0.05) is 65.2 Å². The first-order chi connectivity index (χ1) is 7.48. The van der Waals surface area contributed by atoms with E-state index in [-0.39, 0.29) is 0 Å². The van der Waals surface area contributed by atoms with Gasteiger partial charge in [-0.3, -0.25) is 0 Å². The maximum Gasteiger partial charge on any atom is 0.619 e. The Balaban J connectivity index is 3.21. The van der Waals surface area contributed by atoms with E-state index >= 15 is 0 Å². The monoisotopic (exact) mass is 254 g/mol. The van der Waals surface area contributed by atoms with Crippen molar-refractivity contribution in [3.63, 3.8) is 0 Å². The minimum Gasteiger partial charge on any atom is -0.237 e. The van der Waals surface area contributed by atoms with Crippen LogP contribution < -0.4 is 0 Å². The predicted molar refractivity (Wildman–Crippen MR) is 65.7 cm³/mol. The van der Waals surface area contributed by atoms with E-state index in [2.05, 4.69) is 6.92 Å². The summed E-state index contributed by atoms with van der Waals surface area (Å²) in [5.74, 6) is 0.